The van der Waals surface area contributed by atoms with Gasteiger partial charge in [0.15, 0.2) is 6.29 Å². The Kier molecular flexibility index (Phi) is 11.5. The quantitative estimate of drug-likeness (QED) is 0.308. The number of hydroxylamine groups is 1. The number of benzene rings is 1. The lowest BCUT2D eigenvalue weighted by Gasteiger charge is -2.39. The number of carbonyl (C=O) groups is 2. The molecule has 2 amide bonds. The molecule has 1 aromatic heterocycles. The molecule has 1 aromatic carbocycles. The van der Waals surface area contributed by atoms with Crippen LogP contribution in [0.25, 0.3) is 0 Å². The van der Waals surface area contributed by atoms with Crippen LogP contribution in [-0.2, 0) is 39.2 Å². The number of nitrogens with one attached hydrogen (secondary N) is 2. The third-order valence-corrected chi connectivity index (χ3v) is 9.77. The van der Waals surface area contributed by atoms with Crippen LogP contribution in [0.1, 0.15) is 46.0 Å². The lowest BCUT2D eigenvalue weighted by molar-refractivity contribution is -0.202. The zero-order valence-electron chi connectivity index (χ0n) is 22.7. The van der Waals surface area contributed by atoms with Crippen LogP contribution in [-0.4, -0.2) is 65.4 Å². The number of anilines is 1. The van der Waals surface area contributed by atoms with Crippen LogP contribution >= 0.6 is 11.3 Å². The van der Waals surface area contributed by atoms with Gasteiger partial charge < -0.3 is 4.74 Å². The van der Waals surface area contributed by atoms with Crippen LogP contribution in [0.15, 0.2) is 52.1 Å². The number of hydrazine groups is 1. The van der Waals surface area contributed by atoms with Crippen molar-refractivity contribution < 1.29 is 36.0 Å². The summed E-state index contributed by atoms with van der Waals surface area (Å²) in [6.45, 7) is 3.62. The second-order valence-electron chi connectivity index (χ2n) is 9.69. The van der Waals surface area contributed by atoms with Gasteiger partial charge in [0.05, 0.1) is 11.9 Å². The van der Waals surface area contributed by atoms with Gasteiger partial charge in [-0.1, -0.05) is 38.1 Å². The molecule has 2 heterocycles. The minimum atomic E-state index is -4.19. The number of nitrogens with zero attached hydrogens (tertiary/aromatic N) is 2. The summed E-state index contributed by atoms with van der Waals surface area (Å²) in [6.07, 6.45) is 2.67. The number of rotatable bonds is 14. The summed E-state index contributed by atoms with van der Waals surface area (Å²) < 4.78 is 60.8. The van der Waals surface area contributed by atoms with E-state index in [1.165, 1.54) is 18.2 Å². The Bertz CT molecular complexity index is 1310. The van der Waals surface area contributed by atoms with Crippen molar-refractivity contribution in [2.45, 2.75) is 62.5 Å². The second kappa shape index (κ2) is 14.4. The Hall–Kier alpha value is -2.56. The van der Waals surface area contributed by atoms with Crippen molar-refractivity contribution in [3.63, 3.8) is 0 Å². The van der Waals surface area contributed by atoms with E-state index in [9.17, 15) is 26.4 Å². The summed E-state index contributed by atoms with van der Waals surface area (Å²) in [7, 11) is -8.27. The SMILES string of the molecule is CC(C)CCC(=O)N([C@H](CNS(=O)(=O)c1cccs1)C(=O)NO[C@@H]1CCCCO1)N(c1ccccc1)S(C)(=O)=O. The van der Waals surface area contributed by atoms with E-state index in [2.05, 4.69) is 10.2 Å². The molecule has 2 aromatic rings. The average Bonchev–Trinajstić information content (AvgIpc) is 3.47. The molecule has 0 unspecified atom stereocenters. The molecule has 1 aliphatic rings. The normalized spacial score (nSPS) is 16.9. The van der Waals surface area contributed by atoms with E-state index < -0.39 is 50.7 Å². The fourth-order valence-corrected chi connectivity index (χ4v) is 7.03. The van der Waals surface area contributed by atoms with Crippen molar-refractivity contribution in [3.8, 4) is 0 Å². The molecular formula is C25H36N4O8S3. The first-order chi connectivity index (χ1) is 18.9. The van der Waals surface area contributed by atoms with Gasteiger partial charge in [-0.25, -0.2) is 36.9 Å². The fraction of sp³-hybridized carbons (Fsp3) is 0.520. The molecule has 0 bridgehead atoms. The maximum atomic E-state index is 13.7. The van der Waals surface area contributed by atoms with Gasteiger partial charge in [-0.2, -0.15) is 4.41 Å². The van der Waals surface area contributed by atoms with Gasteiger partial charge in [0.1, 0.15) is 10.3 Å². The van der Waals surface area contributed by atoms with E-state index in [0.29, 0.717) is 19.4 Å². The third-order valence-electron chi connectivity index (χ3n) is 5.93. The van der Waals surface area contributed by atoms with E-state index in [4.69, 9.17) is 9.57 Å². The fourth-order valence-electron chi connectivity index (χ4n) is 3.92. The number of hydrogen-bond donors (Lipinski definition) is 2. The van der Waals surface area contributed by atoms with Crippen molar-refractivity contribution in [3.05, 3.63) is 47.8 Å². The van der Waals surface area contributed by atoms with Crippen LogP contribution in [0, 0.1) is 5.92 Å². The summed E-state index contributed by atoms with van der Waals surface area (Å²) in [5.74, 6) is -1.51. The average molecular weight is 617 g/mol. The van der Waals surface area contributed by atoms with Gasteiger partial charge in [-0.05, 0) is 48.8 Å². The van der Waals surface area contributed by atoms with Crippen LogP contribution in [0.2, 0.25) is 0 Å². The van der Waals surface area contributed by atoms with E-state index in [1.807, 2.05) is 13.8 Å². The van der Waals surface area contributed by atoms with E-state index in [0.717, 1.165) is 39.9 Å². The lowest BCUT2D eigenvalue weighted by Crippen LogP contribution is -2.62. The molecule has 0 spiro atoms. The molecule has 2 atom stereocenters. The van der Waals surface area contributed by atoms with Crippen molar-refractivity contribution in [2.75, 3.05) is 23.8 Å². The summed E-state index contributed by atoms with van der Waals surface area (Å²) in [5, 5.41) is 2.38. The number of para-hydroxylation sites is 1. The van der Waals surface area contributed by atoms with Gasteiger partial charge in [0.25, 0.3) is 5.91 Å². The summed E-state index contributed by atoms with van der Waals surface area (Å²) in [6, 6.07) is 9.10. The number of sulfonamides is 2. The summed E-state index contributed by atoms with van der Waals surface area (Å²) in [5.41, 5.74) is 2.37. The van der Waals surface area contributed by atoms with Gasteiger partial charge in [0, 0.05) is 26.0 Å². The summed E-state index contributed by atoms with van der Waals surface area (Å²) in [4.78, 5) is 32.7. The van der Waals surface area contributed by atoms with Crippen LogP contribution in [0.5, 0.6) is 0 Å². The van der Waals surface area contributed by atoms with Gasteiger partial charge in [-0.15, -0.1) is 11.3 Å². The largest absolute Gasteiger partial charge is 0.350 e. The third kappa shape index (κ3) is 8.97. The first-order valence-electron chi connectivity index (χ1n) is 12.9. The van der Waals surface area contributed by atoms with Gasteiger partial charge >= 0.3 is 0 Å². The molecule has 12 nitrogen and oxygen atoms in total. The molecule has 0 aliphatic carbocycles. The Labute approximate surface area is 239 Å². The predicted molar refractivity (Wildman–Crippen MR) is 151 cm³/mol. The number of carbonyl (C=O) groups excluding carboxylic acids is 2. The van der Waals surface area contributed by atoms with Crippen molar-refractivity contribution >= 4 is 48.9 Å². The maximum Gasteiger partial charge on any atom is 0.269 e. The highest BCUT2D eigenvalue weighted by atomic mass is 32.2. The van der Waals surface area contributed by atoms with Crippen LogP contribution in [0.4, 0.5) is 5.69 Å². The first-order valence-corrected chi connectivity index (χ1v) is 17.1. The molecule has 40 heavy (non-hydrogen) atoms. The van der Waals surface area contributed by atoms with E-state index in [1.54, 1.807) is 29.6 Å². The number of ether oxygens (including phenoxy) is 1. The van der Waals surface area contributed by atoms with Crippen molar-refractivity contribution in [1.29, 1.82) is 0 Å². The molecule has 222 valence electrons. The maximum absolute atomic E-state index is 13.7. The summed E-state index contributed by atoms with van der Waals surface area (Å²) >= 11 is 0.973. The zero-order valence-corrected chi connectivity index (χ0v) is 25.1. The molecule has 2 N–H and O–H groups in total. The number of thiophene rings is 1. The molecule has 0 saturated carbocycles. The highest BCUT2D eigenvalue weighted by Crippen LogP contribution is 2.24. The molecule has 15 heteroatoms. The molecule has 3 rings (SSSR count). The monoisotopic (exact) mass is 616 g/mol. The molecule has 1 fully saturated rings. The second-order valence-corrected chi connectivity index (χ2v) is 14.4. The highest BCUT2D eigenvalue weighted by Gasteiger charge is 2.40. The van der Waals surface area contributed by atoms with E-state index >= 15 is 0 Å². The number of amides is 2. The molecule has 0 radical (unpaired) electrons. The highest BCUT2D eigenvalue weighted by molar-refractivity contribution is 7.92. The minimum Gasteiger partial charge on any atom is -0.350 e. The Morgan fingerprint density at radius 1 is 1.10 bits per heavy atom. The molecule has 1 aliphatic heterocycles. The van der Waals surface area contributed by atoms with Crippen molar-refractivity contribution in [1.82, 2.24) is 15.2 Å². The van der Waals surface area contributed by atoms with Gasteiger partial charge in [0.2, 0.25) is 26.0 Å². The van der Waals surface area contributed by atoms with E-state index in [-0.39, 0.29) is 22.2 Å². The van der Waals surface area contributed by atoms with Crippen LogP contribution in [0.3, 0.4) is 0 Å². The molecular weight excluding hydrogens is 580 g/mol. The standard InChI is InChI=1S/C25H36N4O8S3/c1-19(2)14-15-22(30)28(29(39(3,32)33)20-10-5-4-6-11-20)21(18-26-40(34,35)24-13-9-17-38-24)25(31)27-37-23-12-7-8-16-36-23/h4-6,9-11,13,17,19,21,23,26H,7-8,12,14-16,18H2,1-3H3,(H,27,31)/t21-,23-/m1/s1. The number of hydrogen-bond acceptors (Lipinski definition) is 9. The lowest BCUT2D eigenvalue weighted by atomic mass is 10.1. The zero-order chi connectivity index (χ0) is 29.3. The Morgan fingerprint density at radius 3 is 2.40 bits per heavy atom. The van der Waals surface area contributed by atoms with Gasteiger partial charge in [-0.3, -0.25) is 9.59 Å². The van der Waals surface area contributed by atoms with Crippen molar-refractivity contribution in [2.24, 2.45) is 5.92 Å². The Morgan fingerprint density at radius 2 is 1.82 bits per heavy atom. The topological polar surface area (TPSA) is 151 Å². The smallest absolute Gasteiger partial charge is 0.269 e. The first kappa shape index (κ1) is 32.0. The Balaban J connectivity index is 2.03. The predicted octanol–water partition coefficient (Wildman–Crippen LogP) is 2.62. The molecule has 1 saturated heterocycles. The minimum absolute atomic E-state index is 0.000716. The van der Waals surface area contributed by atoms with Crippen LogP contribution < -0.4 is 14.6 Å².